The summed E-state index contributed by atoms with van der Waals surface area (Å²) in [4.78, 5) is 34.6. The Morgan fingerprint density at radius 1 is 1.33 bits per heavy atom. The Balaban J connectivity index is 2.63. The van der Waals surface area contributed by atoms with E-state index >= 15 is 0 Å². The van der Waals surface area contributed by atoms with Gasteiger partial charge in [0.15, 0.2) is 0 Å². The summed E-state index contributed by atoms with van der Waals surface area (Å²) in [5.41, 5.74) is 0.357. The number of benzene rings is 1. The normalized spacial score (nSPS) is 10.3. The first kappa shape index (κ1) is 17.1. The van der Waals surface area contributed by atoms with Crippen LogP contribution in [0, 0.1) is 10.1 Å². The number of amides is 2. The molecule has 114 valence electrons. The molecule has 0 heterocycles. The van der Waals surface area contributed by atoms with E-state index in [1.54, 1.807) is 11.9 Å². The van der Waals surface area contributed by atoms with Gasteiger partial charge in [0.05, 0.1) is 23.7 Å². The standard InChI is InChI=1S/C12H15BrN4O4/c1-14-11(18)6-16(2)7-12(19)15-10-4-3-8(17(20)21)5-9(10)13/h3-5H,6-7H2,1-2H3,(H,14,18)(H,15,19). The van der Waals surface area contributed by atoms with Gasteiger partial charge in [0.25, 0.3) is 5.69 Å². The number of nitro groups is 1. The summed E-state index contributed by atoms with van der Waals surface area (Å²) in [7, 11) is 3.16. The molecule has 0 saturated heterocycles. The van der Waals surface area contributed by atoms with Gasteiger partial charge in [-0.15, -0.1) is 0 Å². The second-order valence-electron chi connectivity index (χ2n) is 4.31. The monoisotopic (exact) mass is 358 g/mol. The van der Waals surface area contributed by atoms with E-state index in [4.69, 9.17) is 0 Å². The summed E-state index contributed by atoms with van der Waals surface area (Å²) in [6.07, 6.45) is 0. The lowest BCUT2D eigenvalue weighted by Crippen LogP contribution is -2.37. The van der Waals surface area contributed by atoms with Crippen LogP contribution < -0.4 is 10.6 Å². The van der Waals surface area contributed by atoms with Crippen LogP contribution in [0.2, 0.25) is 0 Å². The zero-order valence-electron chi connectivity index (χ0n) is 11.6. The van der Waals surface area contributed by atoms with E-state index < -0.39 is 4.92 Å². The van der Waals surface area contributed by atoms with Gasteiger partial charge >= 0.3 is 0 Å². The molecule has 0 aliphatic carbocycles. The highest BCUT2D eigenvalue weighted by Crippen LogP contribution is 2.26. The van der Waals surface area contributed by atoms with Crippen LogP contribution in [0.4, 0.5) is 11.4 Å². The summed E-state index contributed by atoms with van der Waals surface area (Å²) < 4.78 is 0.416. The summed E-state index contributed by atoms with van der Waals surface area (Å²) in [6, 6.07) is 4.05. The average molecular weight is 359 g/mol. The van der Waals surface area contributed by atoms with Crippen LogP contribution in [0.1, 0.15) is 0 Å². The van der Waals surface area contributed by atoms with Crippen LogP contribution in [-0.2, 0) is 9.59 Å². The second-order valence-corrected chi connectivity index (χ2v) is 5.17. The number of halogens is 1. The average Bonchev–Trinajstić information content (AvgIpc) is 2.40. The molecule has 2 amide bonds. The molecule has 2 N–H and O–H groups in total. The number of hydrogen-bond acceptors (Lipinski definition) is 5. The second kappa shape index (κ2) is 7.70. The Hall–Kier alpha value is -2.00. The Bertz CT molecular complexity index is 564. The lowest BCUT2D eigenvalue weighted by molar-refractivity contribution is -0.384. The van der Waals surface area contributed by atoms with E-state index in [2.05, 4.69) is 26.6 Å². The number of nitrogens with one attached hydrogen (secondary N) is 2. The van der Waals surface area contributed by atoms with Crippen molar-refractivity contribution in [3.63, 3.8) is 0 Å². The van der Waals surface area contributed by atoms with Gasteiger partial charge in [0.2, 0.25) is 11.8 Å². The number of nitrogens with zero attached hydrogens (tertiary/aromatic N) is 2. The Kier molecular flexibility index (Phi) is 6.25. The molecule has 0 radical (unpaired) electrons. The highest BCUT2D eigenvalue weighted by molar-refractivity contribution is 9.10. The van der Waals surface area contributed by atoms with Gasteiger partial charge in [-0.05, 0) is 29.0 Å². The molecular weight excluding hydrogens is 344 g/mol. The molecule has 0 atom stereocenters. The maximum absolute atomic E-state index is 11.8. The van der Waals surface area contributed by atoms with Gasteiger partial charge in [0.1, 0.15) is 0 Å². The van der Waals surface area contributed by atoms with E-state index in [1.165, 1.54) is 25.2 Å². The van der Waals surface area contributed by atoms with Gasteiger partial charge in [-0.1, -0.05) is 0 Å². The number of carbonyl (C=O) groups excluding carboxylic acids is 2. The predicted octanol–water partition coefficient (Wildman–Crippen LogP) is 0.974. The van der Waals surface area contributed by atoms with E-state index in [1.807, 2.05) is 0 Å². The van der Waals surface area contributed by atoms with Gasteiger partial charge in [-0.25, -0.2) is 0 Å². The van der Waals surface area contributed by atoms with Gasteiger partial charge in [-0.3, -0.25) is 24.6 Å². The van der Waals surface area contributed by atoms with Crippen molar-refractivity contribution in [3.8, 4) is 0 Å². The molecule has 0 bridgehead atoms. The van der Waals surface area contributed by atoms with Gasteiger partial charge < -0.3 is 10.6 Å². The zero-order valence-corrected chi connectivity index (χ0v) is 13.1. The minimum absolute atomic E-state index is 0.0247. The summed E-state index contributed by atoms with van der Waals surface area (Å²) in [6.45, 7) is 0.127. The molecule has 9 heteroatoms. The highest BCUT2D eigenvalue weighted by atomic mass is 79.9. The van der Waals surface area contributed by atoms with E-state index in [0.717, 1.165) is 0 Å². The van der Waals surface area contributed by atoms with Crippen molar-refractivity contribution in [2.45, 2.75) is 0 Å². The van der Waals surface area contributed by atoms with Gasteiger partial charge in [-0.2, -0.15) is 0 Å². The van der Waals surface area contributed by atoms with Crippen molar-refractivity contribution in [1.82, 2.24) is 10.2 Å². The molecule has 0 aliphatic heterocycles. The Morgan fingerprint density at radius 3 is 2.48 bits per heavy atom. The van der Waals surface area contributed by atoms with Crippen LogP contribution in [0.15, 0.2) is 22.7 Å². The maximum atomic E-state index is 11.8. The number of anilines is 1. The third kappa shape index (κ3) is 5.48. The Morgan fingerprint density at radius 2 is 1.95 bits per heavy atom. The molecule has 0 unspecified atom stereocenters. The summed E-state index contributed by atoms with van der Waals surface area (Å²) in [5.74, 6) is -0.516. The molecule has 0 spiro atoms. The molecule has 21 heavy (non-hydrogen) atoms. The molecular formula is C12H15BrN4O4. The van der Waals surface area contributed by atoms with Crippen molar-refractivity contribution < 1.29 is 14.5 Å². The fourth-order valence-corrected chi connectivity index (χ4v) is 2.00. The SMILES string of the molecule is CNC(=O)CN(C)CC(=O)Nc1ccc([N+](=O)[O-])cc1Br. The lowest BCUT2D eigenvalue weighted by Gasteiger charge is -2.15. The number of carbonyl (C=O) groups is 2. The zero-order chi connectivity index (χ0) is 16.0. The number of hydrogen-bond donors (Lipinski definition) is 2. The highest BCUT2D eigenvalue weighted by Gasteiger charge is 2.13. The van der Waals surface area contributed by atoms with Crippen molar-refractivity contribution >= 4 is 39.1 Å². The minimum atomic E-state index is -0.520. The molecule has 8 nitrogen and oxygen atoms in total. The van der Waals surface area contributed by atoms with Crippen molar-refractivity contribution in [3.05, 3.63) is 32.8 Å². The molecule has 0 aromatic heterocycles. The predicted molar refractivity (Wildman–Crippen MR) is 81.0 cm³/mol. The fourth-order valence-electron chi connectivity index (χ4n) is 1.53. The van der Waals surface area contributed by atoms with Crippen molar-refractivity contribution in [2.75, 3.05) is 32.5 Å². The number of likely N-dealkylation sites (N-methyl/N-ethyl adjacent to an activating group) is 2. The molecule has 0 fully saturated rings. The third-order valence-corrected chi connectivity index (χ3v) is 3.20. The maximum Gasteiger partial charge on any atom is 0.270 e. The van der Waals surface area contributed by atoms with Crippen LogP contribution in [-0.4, -0.2) is 48.8 Å². The van der Waals surface area contributed by atoms with Crippen molar-refractivity contribution in [2.24, 2.45) is 0 Å². The molecule has 1 aromatic rings. The molecule has 0 saturated carbocycles. The number of rotatable bonds is 6. The smallest absolute Gasteiger partial charge is 0.270 e. The minimum Gasteiger partial charge on any atom is -0.358 e. The van der Waals surface area contributed by atoms with Crippen LogP contribution in [0.3, 0.4) is 0 Å². The quantitative estimate of drug-likeness (QED) is 0.582. The Labute approximate surface area is 129 Å². The molecule has 1 aromatic carbocycles. The van der Waals surface area contributed by atoms with Crippen LogP contribution in [0.25, 0.3) is 0 Å². The third-order valence-electron chi connectivity index (χ3n) is 2.54. The van der Waals surface area contributed by atoms with E-state index in [9.17, 15) is 19.7 Å². The van der Waals surface area contributed by atoms with Crippen molar-refractivity contribution in [1.29, 1.82) is 0 Å². The fraction of sp³-hybridized carbons (Fsp3) is 0.333. The van der Waals surface area contributed by atoms with Gasteiger partial charge in [0, 0.05) is 23.7 Å². The summed E-state index contributed by atoms with van der Waals surface area (Å²) in [5, 5.41) is 15.7. The lowest BCUT2D eigenvalue weighted by atomic mass is 10.3. The first-order chi connectivity index (χ1) is 9.83. The first-order valence-electron chi connectivity index (χ1n) is 5.96. The number of nitro benzene ring substituents is 1. The first-order valence-corrected chi connectivity index (χ1v) is 6.75. The molecule has 0 aliphatic rings. The number of non-ortho nitro benzene ring substituents is 1. The topological polar surface area (TPSA) is 105 Å². The molecule has 1 rings (SSSR count). The van der Waals surface area contributed by atoms with Crippen LogP contribution >= 0.6 is 15.9 Å². The van der Waals surface area contributed by atoms with E-state index in [0.29, 0.717) is 10.2 Å². The summed E-state index contributed by atoms with van der Waals surface area (Å²) >= 11 is 3.16. The van der Waals surface area contributed by atoms with E-state index in [-0.39, 0.29) is 30.6 Å². The van der Waals surface area contributed by atoms with Crippen LogP contribution in [0.5, 0.6) is 0 Å². The largest absolute Gasteiger partial charge is 0.358 e.